The van der Waals surface area contributed by atoms with Gasteiger partial charge < -0.3 is 19.6 Å². The highest BCUT2D eigenvalue weighted by Gasteiger charge is 2.16. The van der Waals surface area contributed by atoms with Crippen molar-refractivity contribution >= 4 is 11.5 Å². The number of rotatable bonds is 4. The van der Waals surface area contributed by atoms with Crippen molar-refractivity contribution in [3.05, 3.63) is 54.2 Å². The number of likely N-dealkylation sites (N-methyl/N-ethyl adjacent to an activating group) is 2. The zero-order chi connectivity index (χ0) is 21.2. The molecule has 30 heavy (non-hydrogen) atoms. The molecule has 1 aromatic carbocycles. The Bertz CT molecular complexity index is 770. The molecule has 2 aromatic rings. The lowest BCUT2D eigenvalue weighted by molar-refractivity contribution is 0.270. The van der Waals surface area contributed by atoms with E-state index in [1.165, 1.54) is 25.3 Å². The number of hydrogen-bond donors (Lipinski definition) is 0. The molecule has 160 valence electrons. The summed E-state index contributed by atoms with van der Waals surface area (Å²) in [4.78, 5) is 14.0. The Labute approximate surface area is 181 Å². The molecule has 0 amide bonds. The molecule has 6 heteroatoms. The molecule has 3 heterocycles. The van der Waals surface area contributed by atoms with Gasteiger partial charge in [0.25, 0.3) is 0 Å². The van der Waals surface area contributed by atoms with Crippen LogP contribution in [-0.2, 0) is 0 Å². The van der Waals surface area contributed by atoms with E-state index in [0.29, 0.717) is 5.56 Å². The zero-order valence-corrected chi connectivity index (χ0v) is 18.4. The fourth-order valence-corrected chi connectivity index (χ4v) is 3.89. The Morgan fingerprint density at radius 1 is 0.767 bits per heavy atom. The van der Waals surface area contributed by atoms with Gasteiger partial charge in [-0.15, -0.1) is 0 Å². The van der Waals surface area contributed by atoms with Crippen molar-refractivity contribution in [3.8, 4) is 6.07 Å². The molecule has 0 radical (unpaired) electrons. The maximum atomic E-state index is 8.70. The first-order valence-corrected chi connectivity index (χ1v) is 11.1. The highest BCUT2D eigenvalue weighted by atomic mass is 15.3. The molecule has 2 saturated heterocycles. The van der Waals surface area contributed by atoms with E-state index in [-0.39, 0.29) is 0 Å². The quantitative estimate of drug-likeness (QED) is 0.778. The molecule has 0 saturated carbocycles. The number of nitriles is 1. The third-order valence-electron chi connectivity index (χ3n) is 5.96. The summed E-state index contributed by atoms with van der Waals surface area (Å²) in [5.74, 6) is 0.981. The average molecular weight is 407 g/mol. The van der Waals surface area contributed by atoms with E-state index in [1.807, 2.05) is 12.1 Å². The van der Waals surface area contributed by atoms with E-state index in [4.69, 9.17) is 5.26 Å². The summed E-state index contributed by atoms with van der Waals surface area (Å²) in [5.41, 5.74) is 1.99. The van der Waals surface area contributed by atoms with Crippen LogP contribution < -0.4 is 9.80 Å². The molecule has 0 atom stereocenters. The molecule has 2 aliphatic rings. The Hall–Kier alpha value is -2.62. The molecule has 0 aliphatic carbocycles. The minimum Gasteiger partial charge on any atom is -0.369 e. The second kappa shape index (κ2) is 11.5. The first kappa shape index (κ1) is 22.1. The first-order chi connectivity index (χ1) is 14.7. The fraction of sp³-hybridized carbons (Fsp3) is 0.500. The number of anilines is 2. The number of benzene rings is 1. The van der Waals surface area contributed by atoms with Crippen LogP contribution in [0.2, 0.25) is 0 Å². The third-order valence-corrected chi connectivity index (χ3v) is 5.96. The molecule has 4 rings (SSSR count). The normalized spacial score (nSPS) is 17.8. The molecule has 2 aliphatic heterocycles. The van der Waals surface area contributed by atoms with Gasteiger partial charge >= 0.3 is 0 Å². The molecular formula is C24H34N6. The second-order valence-corrected chi connectivity index (χ2v) is 7.70. The van der Waals surface area contributed by atoms with Crippen LogP contribution in [0.25, 0.3) is 0 Å². The van der Waals surface area contributed by atoms with Gasteiger partial charge in [0.2, 0.25) is 0 Å². The van der Waals surface area contributed by atoms with E-state index >= 15 is 0 Å². The maximum absolute atomic E-state index is 8.70. The molecule has 2 fully saturated rings. The Morgan fingerprint density at radius 3 is 1.80 bits per heavy atom. The van der Waals surface area contributed by atoms with Crippen LogP contribution in [0, 0.1) is 11.3 Å². The van der Waals surface area contributed by atoms with Gasteiger partial charge in [-0.2, -0.15) is 5.26 Å². The summed E-state index contributed by atoms with van der Waals surface area (Å²) in [5, 5.41) is 8.70. The zero-order valence-electron chi connectivity index (χ0n) is 18.4. The predicted molar refractivity (Wildman–Crippen MR) is 124 cm³/mol. The monoisotopic (exact) mass is 406 g/mol. The molecule has 0 unspecified atom stereocenters. The number of hydrogen-bond acceptors (Lipinski definition) is 6. The Balaban J connectivity index is 0.000000172. The molecule has 1 aromatic heterocycles. The van der Waals surface area contributed by atoms with Crippen LogP contribution >= 0.6 is 0 Å². The van der Waals surface area contributed by atoms with Gasteiger partial charge in [-0.3, -0.25) is 0 Å². The topological polar surface area (TPSA) is 49.6 Å². The van der Waals surface area contributed by atoms with E-state index in [9.17, 15) is 0 Å². The van der Waals surface area contributed by atoms with Crippen LogP contribution in [0.3, 0.4) is 0 Å². The van der Waals surface area contributed by atoms with Crippen LogP contribution in [0.1, 0.15) is 19.4 Å². The Morgan fingerprint density at radius 2 is 1.33 bits per heavy atom. The van der Waals surface area contributed by atoms with Crippen molar-refractivity contribution in [2.24, 2.45) is 0 Å². The fourth-order valence-electron chi connectivity index (χ4n) is 3.89. The summed E-state index contributed by atoms with van der Waals surface area (Å²) in [6, 6.07) is 16.5. The number of piperazine rings is 2. The van der Waals surface area contributed by atoms with Gasteiger partial charge in [-0.1, -0.05) is 32.0 Å². The van der Waals surface area contributed by atoms with Gasteiger partial charge in [-0.25, -0.2) is 4.98 Å². The summed E-state index contributed by atoms with van der Waals surface area (Å²) >= 11 is 0. The molecule has 0 bridgehead atoms. The van der Waals surface area contributed by atoms with E-state index in [1.54, 1.807) is 6.20 Å². The van der Waals surface area contributed by atoms with E-state index in [0.717, 1.165) is 51.6 Å². The maximum Gasteiger partial charge on any atom is 0.128 e. The lowest BCUT2D eigenvalue weighted by atomic mass is 10.2. The second-order valence-electron chi connectivity index (χ2n) is 7.70. The number of pyridine rings is 1. The highest BCUT2D eigenvalue weighted by Crippen LogP contribution is 2.15. The van der Waals surface area contributed by atoms with Crippen molar-refractivity contribution in [2.45, 2.75) is 13.8 Å². The minimum absolute atomic E-state index is 0.621. The molecular weight excluding hydrogens is 372 g/mol. The number of aromatic nitrogens is 1. The standard InChI is InChI=1S/C12H16N4.C12H18N2/c1-2-15-5-7-16(8-6-15)12-4-3-11(9-13)10-14-12;1-2-13-8-10-14(11-9-13)12-6-4-3-5-7-12/h3-4,10H,2,5-8H2,1H3;3-7H,2,8-11H2,1H3. The first-order valence-electron chi connectivity index (χ1n) is 11.1. The largest absolute Gasteiger partial charge is 0.369 e. The van der Waals surface area contributed by atoms with Crippen molar-refractivity contribution in [1.29, 1.82) is 5.26 Å². The van der Waals surface area contributed by atoms with Crippen LogP contribution in [-0.4, -0.2) is 80.2 Å². The molecule has 6 nitrogen and oxygen atoms in total. The van der Waals surface area contributed by atoms with Crippen LogP contribution in [0.4, 0.5) is 11.5 Å². The summed E-state index contributed by atoms with van der Waals surface area (Å²) < 4.78 is 0. The minimum atomic E-state index is 0.621. The summed E-state index contributed by atoms with van der Waals surface area (Å²) in [6.45, 7) is 15.7. The van der Waals surface area contributed by atoms with Crippen LogP contribution in [0.15, 0.2) is 48.7 Å². The number of para-hydroxylation sites is 1. The predicted octanol–water partition coefficient (Wildman–Crippen LogP) is 2.92. The smallest absolute Gasteiger partial charge is 0.128 e. The lowest BCUT2D eigenvalue weighted by Gasteiger charge is -2.35. The average Bonchev–Trinajstić information content (AvgIpc) is 2.85. The van der Waals surface area contributed by atoms with Crippen molar-refractivity contribution in [1.82, 2.24) is 14.8 Å². The highest BCUT2D eigenvalue weighted by molar-refractivity contribution is 5.46. The van der Waals surface area contributed by atoms with Crippen LogP contribution in [0.5, 0.6) is 0 Å². The van der Waals surface area contributed by atoms with E-state index < -0.39 is 0 Å². The van der Waals surface area contributed by atoms with Gasteiger partial charge in [0.1, 0.15) is 11.9 Å². The molecule has 0 spiro atoms. The van der Waals surface area contributed by atoms with Crippen molar-refractivity contribution in [3.63, 3.8) is 0 Å². The van der Waals surface area contributed by atoms with Crippen molar-refractivity contribution in [2.75, 3.05) is 75.2 Å². The van der Waals surface area contributed by atoms with Gasteiger partial charge in [-0.05, 0) is 37.4 Å². The third kappa shape index (κ3) is 6.19. The van der Waals surface area contributed by atoms with Gasteiger partial charge in [0.05, 0.1) is 5.56 Å². The van der Waals surface area contributed by atoms with E-state index in [2.05, 4.69) is 74.8 Å². The van der Waals surface area contributed by atoms with Crippen molar-refractivity contribution < 1.29 is 0 Å². The lowest BCUT2D eigenvalue weighted by Crippen LogP contribution is -2.46. The SMILES string of the molecule is CCN1CCN(c2ccc(C#N)cn2)CC1.CCN1CCN(c2ccccc2)CC1. The summed E-state index contributed by atoms with van der Waals surface area (Å²) in [7, 11) is 0. The number of nitrogens with zero attached hydrogens (tertiary/aromatic N) is 6. The Kier molecular flexibility index (Phi) is 8.49. The summed E-state index contributed by atoms with van der Waals surface area (Å²) in [6.07, 6.45) is 1.64. The van der Waals surface area contributed by atoms with Gasteiger partial charge in [0, 0.05) is 64.2 Å². The van der Waals surface area contributed by atoms with Gasteiger partial charge in [0.15, 0.2) is 0 Å². The molecule has 0 N–H and O–H groups in total.